The maximum Gasteiger partial charge on any atom is 0.310 e. The largest absolute Gasteiger partial charge is 0.497 e. The highest BCUT2D eigenvalue weighted by Crippen LogP contribution is 2.22. The van der Waals surface area contributed by atoms with Crippen molar-refractivity contribution in [2.24, 2.45) is 0 Å². The maximum absolute atomic E-state index is 12.3. The van der Waals surface area contributed by atoms with E-state index < -0.39 is 5.97 Å². The summed E-state index contributed by atoms with van der Waals surface area (Å²) in [6.45, 7) is -0.215. The molecule has 0 heterocycles. The topological polar surface area (TPSA) is 52.6 Å². The van der Waals surface area contributed by atoms with Gasteiger partial charge in [-0.15, -0.1) is 0 Å². The molecule has 1 aliphatic carbocycles. The quantitative estimate of drug-likeness (QED) is 0.597. The van der Waals surface area contributed by atoms with Crippen molar-refractivity contribution in [3.63, 3.8) is 0 Å². The van der Waals surface area contributed by atoms with E-state index >= 15 is 0 Å². The van der Waals surface area contributed by atoms with E-state index in [0.29, 0.717) is 5.56 Å². The zero-order valence-electron chi connectivity index (χ0n) is 14.4. The van der Waals surface area contributed by atoms with Gasteiger partial charge in [-0.05, 0) is 60.6 Å². The van der Waals surface area contributed by atoms with Gasteiger partial charge in [0.25, 0.3) is 0 Å². The SMILES string of the molecule is COc1ccc(CC(=O)OCC(=O)c2ccc3c(c2)CCCC3)cc1. The number of methoxy groups -OCH3 is 1. The van der Waals surface area contributed by atoms with Crippen LogP contribution >= 0.6 is 0 Å². The van der Waals surface area contributed by atoms with Gasteiger partial charge in [-0.25, -0.2) is 0 Å². The lowest BCUT2D eigenvalue weighted by Crippen LogP contribution is -2.16. The minimum Gasteiger partial charge on any atom is -0.497 e. The minimum atomic E-state index is -0.406. The van der Waals surface area contributed by atoms with E-state index in [4.69, 9.17) is 9.47 Å². The van der Waals surface area contributed by atoms with Gasteiger partial charge in [-0.1, -0.05) is 24.3 Å². The van der Waals surface area contributed by atoms with Crippen molar-refractivity contribution in [1.29, 1.82) is 0 Å². The van der Waals surface area contributed by atoms with E-state index in [0.717, 1.165) is 24.2 Å². The molecule has 4 heteroatoms. The monoisotopic (exact) mass is 338 g/mol. The summed E-state index contributed by atoms with van der Waals surface area (Å²) in [6, 6.07) is 13.0. The molecule has 0 radical (unpaired) electrons. The van der Waals surface area contributed by atoms with Gasteiger partial charge >= 0.3 is 5.97 Å². The Morgan fingerprint density at radius 1 is 0.960 bits per heavy atom. The third-order valence-electron chi connectivity index (χ3n) is 4.54. The number of Topliss-reactive ketones (excluding diaryl/α,β-unsaturated/α-hetero) is 1. The summed E-state index contributed by atoms with van der Waals surface area (Å²) in [7, 11) is 1.59. The third kappa shape index (κ3) is 4.47. The summed E-state index contributed by atoms with van der Waals surface area (Å²) >= 11 is 0. The van der Waals surface area contributed by atoms with E-state index in [9.17, 15) is 9.59 Å². The van der Waals surface area contributed by atoms with E-state index in [2.05, 4.69) is 0 Å². The molecular formula is C21H22O4. The zero-order valence-corrected chi connectivity index (χ0v) is 14.4. The van der Waals surface area contributed by atoms with Crippen LogP contribution in [0, 0.1) is 0 Å². The van der Waals surface area contributed by atoms with Crippen LogP contribution in [-0.4, -0.2) is 25.5 Å². The second-order valence-corrected chi connectivity index (χ2v) is 6.30. The molecule has 2 aromatic rings. The highest BCUT2D eigenvalue weighted by Gasteiger charge is 2.14. The number of rotatable bonds is 6. The zero-order chi connectivity index (χ0) is 17.6. The lowest BCUT2D eigenvalue weighted by molar-refractivity contribution is -0.141. The number of hydrogen-bond donors (Lipinski definition) is 0. The number of carbonyl (C=O) groups is 2. The lowest BCUT2D eigenvalue weighted by Gasteiger charge is -2.16. The van der Waals surface area contributed by atoms with E-state index in [1.54, 1.807) is 19.2 Å². The Morgan fingerprint density at radius 3 is 2.40 bits per heavy atom. The molecule has 0 spiro atoms. The van der Waals surface area contributed by atoms with Gasteiger partial charge in [-0.3, -0.25) is 9.59 Å². The van der Waals surface area contributed by atoms with E-state index in [-0.39, 0.29) is 18.8 Å². The molecule has 0 aliphatic heterocycles. The number of aryl methyl sites for hydroxylation is 2. The molecule has 0 unspecified atom stereocenters. The first-order chi connectivity index (χ1) is 12.2. The van der Waals surface area contributed by atoms with Gasteiger partial charge in [-0.2, -0.15) is 0 Å². The first-order valence-electron chi connectivity index (χ1n) is 8.59. The van der Waals surface area contributed by atoms with Crippen molar-refractivity contribution >= 4 is 11.8 Å². The number of hydrogen-bond acceptors (Lipinski definition) is 4. The summed E-state index contributed by atoms with van der Waals surface area (Å²) in [5.74, 6) is 0.174. The molecule has 3 rings (SSSR count). The Hall–Kier alpha value is -2.62. The van der Waals surface area contributed by atoms with Crippen LogP contribution in [0.1, 0.15) is 39.9 Å². The number of esters is 1. The summed E-state index contributed by atoms with van der Waals surface area (Å²) in [5.41, 5.74) is 4.03. The first-order valence-corrected chi connectivity index (χ1v) is 8.59. The number of ketones is 1. The molecule has 0 N–H and O–H groups in total. The van der Waals surface area contributed by atoms with Crippen molar-refractivity contribution in [2.75, 3.05) is 13.7 Å². The van der Waals surface area contributed by atoms with Gasteiger partial charge < -0.3 is 9.47 Å². The van der Waals surface area contributed by atoms with Crippen LogP contribution in [0.15, 0.2) is 42.5 Å². The van der Waals surface area contributed by atoms with Crippen molar-refractivity contribution in [3.8, 4) is 5.75 Å². The molecule has 130 valence electrons. The first kappa shape index (κ1) is 17.2. The molecule has 0 fully saturated rings. The molecule has 4 nitrogen and oxygen atoms in total. The number of carbonyl (C=O) groups excluding carboxylic acids is 2. The lowest BCUT2D eigenvalue weighted by atomic mass is 9.90. The molecule has 0 aromatic heterocycles. The molecular weight excluding hydrogens is 316 g/mol. The normalized spacial score (nSPS) is 13.0. The summed E-state index contributed by atoms with van der Waals surface area (Å²) in [5, 5.41) is 0. The van der Waals surface area contributed by atoms with Crippen molar-refractivity contribution in [2.45, 2.75) is 32.1 Å². The number of benzene rings is 2. The molecule has 1 aliphatic rings. The smallest absolute Gasteiger partial charge is 0.310 e. The Labute approximate surface area is 147 Å². The molecule has 0 saturated heterocycles. The van der Waals surface area contributed by atoms with Gasteiger partial charge in [0, 0.05) is 5.56 Å². The Morgan fingerprint density at radius 2 is 1.68 bits per heavy atom. The van der Waals surface area contributed by atoms with Crippen LogP contribution in [0.3, 0.4) is 0 Å². The van der Waals surface area contributed by atoms with Gasteiger partial charge in [0.15, 0.2) is 12.4 Å². The second kappa shape index (κ2) is 7.97. The van der Waals surface area contributed by atoms with E-state index in [1.807, 2.05) is 30.3 Å². The summed E-state index contributed by atoms with van der Waals surface area (Å²) < 4.78 is 10.2. The molecule has 2 aromatic carbocycles. The van der Waals surface area contributed by atoms with Crippen molar-refractivity contribution in [1.82, 2.24) is 0 Å². The van der Waals surface area contributed by atoms with Crippen LogP contribution in [0.4, 0.5) is 0 Å². The third-order valence-corrected chi connectivity index (χ3v) is 4.54. The van der Waals surface area contributed by atoms with Crippen molar-refractivity contribution < 1.29 is 19.1 Å². The fourth-order valence-electron chi connectivity index (χ4n) is 3.10. The second-order valence-electron chi connectivity index (χ2n) is 6.30. The van der Waals surface area contributed by atoms with E-state index in [1.165, 1.54) is 24.0 Å². The van der Waals surface area contributed by atoms with Gasteiger partial charge in [0.2, 0.25) is 0 Å². The molecule has 0 atom stereocenters. The number of ether oxygens (including phenoxy) is 2. The Bertz CT molecular complexity index is 762. The Kier molecular flexibility index (Phi) is 5.49. The highest BCUT2D eigenvalue weighted by atomic mass is 16.5. The predicted octanol–water partition coefficient (Wildman–Crippen LogP) is 3.54. The molecule has 0 amide bonds. The standard InChI is InChI=1S/C21H22O4/c1-24-19-10-6-15(7-11-19)12-21(23)25-14-20(22)18-9-8-16-4-2-3-5-17(16)13-18/h6-11,13H,2-5,12,14H2,1H3. The maximum atomic E-state index is 12.3. The van der Waals surface area contributed by atoms with Crippen LogP contribution in [0.5, 0.6) is 5.75 Å². The fourth-order valence-corrected chi connectivity index (χ4v) is 3.10. The van der Waals surface area contributed by atoms with Crippen LogP contribution in [0.2, 0.25) is 0 Å². The van der Waals surface area contributed by atoms with Crippen LogP contribution in [0.25, 0.3) is 0 Å². The van der Waals surface area contributed by atoms with Gasteiger partial charge in [0.05, 0.1) is 13.5 Å². The van der Waals surface area contributed by atoms with Crippen LogP contribution < -0.4 is 4.74 Å². The molecule has 0 bridgehead atoms. The summed E-state index contributed by atoms with van der Waals surface area (Å²) in [6.07, 6.45) is 4.63. The molecule has 25 heavy (non-hydrogen) atoms. The average Bonchev–Trinajstić information content (AvgIpc) is 2.66. The Balaban J connectivity index is 1.53. The van der Waals surface area contributed by atoms with Crippen LogP contribution in [-0.2, 0) is 28.8 Å². The minimum absolute atomic E-state index is 0.140. The average molecular weight is 338 g/mol. The summed E-state index contributed by atoms with van der Waals surface area (Å²) in [4.78, 5) is 24.2. The predicted molar refractivity (Wildman–Crippen MR) is 95.1 cm³/mol. The van der Waals surface area contributed by atoms with Gasteiger partial charge in [0.1, 0.15) is 5.75 Å². The number of fused-ring (bicyclic) bond motifs is 1. The molecule has 0 saturated carbocycles. The fraction of sp³-hybridized carbons (Fsp3) is 0.333. The highest BCUT2D eigenvalue weighted by molar-refractivity contribution is 5.98. The van der Waals surface area contributed by atoms with Crippen molar-refractivity contribution in [3.05, 3.63) is 64.7 Å².